The Balaban J connectivity index is 2.65. The molecule has 2 aromatic carbocycles. The molecule has 0 aliphatic carbocycles. The van der Waals surface area contributed by atoms with Crippen molar-refractivity contribution >= 4 is 18.9 Å². The van der Waals surface area contributed by atoms with E-state index in [0.717, 1.165) is 0 Å². The van der Waals surface area contributed by atoms with E-state index in [1.165, 1.54) is 21.3 Å². The van der Waals surface area contributed by atoms with Crippen LogP contribution in [0.2, 0.25) is 0 Å². The summed E-state index contributed by atoms with van der Waals surface area (Å²) < 4.78 is 28.6. The van der Waals surface area contributed by atoms with E-state index in [9.17, 15) is 9.36 Å². The molecular weight excluding hydrogens is 339 g/mol. The lowest BCUT2D eigenvalue weighted by Crippen LogP contribution is -2.17. The molecule has 0 amide bonds. The fourth-order valence-electron chi connectivity index (χ4n) is 2.50. The van der Waals surface area contributed by atoms with E-state index in [0.29, 0.717) is 28.1 Å². The first-order chi connectivity index (χ1) is 11.9. The van der Waals surface area contributed by atoms with Gasteiger partial charge in [0, 0.05) is 28.7 Å². The quantitative estimate of drug-likeness (QED) is 0.554. The summed E-state index contributed by atoms with van der Waals surface area (Å²) in [5, 5.41) is 0.539. The highest BCUT2D eigenvalue weighted by Gasteiger charge is 2.25. The Morgan fingerprint density at radius 2 is 1.52 bits per heavy atom. The van der Waals surface area contributed by atoms with Gasteiger partial charge in [-0.2, -0.15) is 0 Å². The summed E-state index contributed by atoms with van der Waals surface area (Å²) in [5.41, 5.74) is 0.605. The highest BCUT2D eigenvalue weighted by Crippen LogP contribution is 2.37. The first-order valence-electron chi connectivity index (χ1n) is 7.84. The number of rotatable bonds is 7. The molecule has 0 aliphatic rings. The van der Waals surface area contributed by atoms with Gasteiger partial charge in [-0.3, -0.25) is 9.36 Å². The first kappa shape index (κ1) is 18.9. The van der Waals surface area contributed by atoms with Crippen LogP contribution in [0.15, 0.2) is 36.4 Å². The number of hydrogen-bond acceptors (Lipinski definition) is 5. The van der Waals surface area contributed by atoms with Crippen molar-refractivity contribution in [2.45, 2.75) is 19.5 Å². The number of ether oxygens (including phenoxy) is 3. The topological polar surface area (TPSA) is 61.8 Å². The maximum absolute atomic E-state index is 13.2. The van der Waals surface area contributed by atoms with Gasteiger partial charge < -0.3 is 14.2 Å². The molecule has 0 N–H and O–H groups in total. The van der Waals surface area contributed by atoms with Crippen molar-refractivity contribution in [2.24, 2.45) is 0 Å². The molecule has 2 rings (SSSR count). The lowest BCUT2D eigenvalue weighted by molar-refractivity contribution is 0.103. The van der Waals surface area contributed by atoms with Crippen molar-refractivity contribution in [3.05, 3.63) is 47.5 Å². The van der Waals surface area contributed by atoms with Crippen molar-refractivity contribution in [1.82, 2.24) is 0 Å². The summed E-state index contributed by atoms with van der Waals surface area (Å²) in [4.78, 5) is 13.2. The van der Waals surface area contributed by atoms with Crippen LogP contribution in [0.25, 0.3) is 0 Å². The van der Waals surface area contributed by atoms with E-state index in [4.69, 9.17) is 14.2 Å². The molecule has 0 bridgehead atoms. The van der Waals surface area contributed by atoms with Gasteiger partial charge in [0.2, 0.25) is 5.78 Å². The van der Waals surface area contributed by atoms with Crippen molar-refractivity contribution in [2.75, 3.05) is 21.3 Å². The average Bonchev–Trinajstić information content (AvgIpc) is 2.65. The molecule has 0 saturated carbocycles. The monoisotopic (exact) mass is 361 g/mol. The third kappa shape index (κ3) is 3.83. The maximum atomic E-state index is 13.2. The summed E-state index contributed by atoms with van der Waals surface area (Å²) in [7, 11) is 2.79. The molecule has 0 saturated heterocycles. The van der Waals surface area contributed by atoms with Gasteiger partial charge in [0.25, 0.3) is 0 Å². The maximum Gasteiger partial charge on any atom is 0.201 e. The second-order valence-electron chi connectivity index (χ2n) is 5.67. The van der Waals surface area contributed by atoms with E-state index in [-0.39, 0.29) is 17.0 Å². The predicted octanol–water partition coefficient (Wildman–Crippen LogP) is 3.80. The fraction of sp³-hybridized carbons (Fsp3) is 0.316. The summed E-state index contributed by atoms with van der Waals surface area (Å²) in [5.74, 6) is 0.911. The van der Waals surface area contributed by atoms with Gasteiger partial charge in [-0.25, -0.2) is 0 Å². The van der Waals surface area contributed by atoms with E-state index in [2.05, 4.69) is 0 Å². The second kappa shape index (κ2) is 8.13. The van der Waals surface area contributed by atoms with Crippen molar-refractivity contribution in [3.8, 4) is 17.2 Å². The summed E-state index contributed by atoms with van der Waals surface area (Å²) in [6, 6.07) is 10.2. The van der Waals surface area contributed by atoms with Crippen LogP contribution >= 0.6 is 7.80 Å². The minimum atomic E-state index is -1.69. The number of benzene rings is 2. The van der Waals surface area contributed by atoms with Crippen molar-refractivity contribution < 1.29 is 23.6 Å². The standard InChI is InChI=1S/C19H22O5P/c1-12(2)25(21)17-9-7-6-8-14(17)19(20)18-15(23-4)10-13(22-3)11-16(18)24-5/h6-12H,1-5H3. The van der Waals surface area contributed by atoms with Crippen LogP contribution in [0.4, 0.5) is 0 Å². The third-order valence-electron chi connectivity index (χ3n) is 3.80. The smallest absolute Gasteiger partial charge is 0.201 e. The van der Waals surface area contributed by atoms with Crippen LogP contribution in [0.5, 0.6) is 17.2 Å². The number of carbonyl (C=O) groups excluding carboxylic acids is 1. The van der Waals surface area contributed by atoms with Crippen LogP contribution in [-0.2, 0) is 4.57 Å². The van der Waals surface area contributed by atoms with Gasteiger partial charge in [-0.15, -0.1) is 0 Å². The number of methoxy groups -OCH3 is 3. The molecule has 25 heavy (non-hydrogen) atoms. The Kier molecular flexibility index (Phi) is 6.16. The number of ketones is 1. The molecule has 0 fully saturated rings. The third-order valence-corrected chi connectivity index (χ3v) is 5.60. The van der Waals surface area contributed by atoms with Gasteiger partial charge in [0.15, 0.2) is 0 Å². The highest BCUT2D eigenvalue weighted by atomic mass is 31.1. The van der Waals surface area contributed by atoms with Crippen LogP contribution < -0.4 is 19.5 Å². The fourth-order valence-corrected chi connectivity index (χ4v) is 3.70. The predicted molar refractivity (Wildman–Crippen MR) is 98.3 cm³/mol. The van der Waals surface area contributed by atoms with E-state index in [1.807, 2.05) is 13.8 Å². The molecule has 5 nitrogen and oxygen atoms in total. The molecule has 6 heteroatoms. The Labute approximate surface area is 148 Å². The summed E-state index contributed by atoms with van der Waals surface area (Å²) >= 11 is 0. The summed E-state index contributed by atoms with van der Waals surface area (Å²) in [6.07, 6.45) is 0. The van der Waals surface area contributed by atoms with E-state index >= 15 is 0 Å². The van der Waals surface area contributed by atoms with Crippen molar-refractivity contribution in [3.63, 3.8) is 0 Å². The molecule has 0 spiro atoms. The van der Waals surface area contributed by atoms with Crippen LogP contribution in [0.1, 0.15) is 29.8 Å². The molecule has 0 aliphatic heterocycles. The second-order valence-corrected chi connectivity index (χ2v) is 7.84. The minimum Gasteiger partial charge on any atom is -0.496 e. The van der Waals surface area contributed by atoms with Crippen LogP contribution in [0, 0.1) is 0 Å². The SMILES string of the molecule is COc1cc(OC)c(C(=O)c2ccccc2[P](=O)C(C)C)c(OC)c1. The minimum absolute atomic E-state index is 0.0661. The van der Waals surface area contributed by atoms with E-state index in [1.54, 1.807) is 36.4 Å². The molecular formula is C19H22O5P. The van der Waals surface area contributed by atoms with Gasteiger partial charge in [0.1, 0.15) is 30.6 Å². The summed E-state index contributed by atoms with van der Waals surface area (Å²) in [6.45, 7) is 3.74. The van der Waals surface area contributed by atoms with Gasteiger partial charge in [-0.1, -0.05) is 26.0 Å². The molecule has 1 unspecified atom stereocenters. The normalized spacial score (nSPS) is 11.2. The Hall–Kier alpha value is -2.39. The Morgan fingerprint density at radius 1 is 0.960 bits per heavy atom. The molecule has 1 atom stereocenters. The lowest BCUT2D eigenvalue weighted by Gasteiger charge is -2.16. The number of hydrogen-bond donors (Lipinski definition) is 0. The average molecular weight is 361 g/mol. The largest absolute Gasteiger partial charge is 0.496 e. The molecule has 133 valence electrons. The molecule has 0 heterocycles. The highest BCUT2D eigenvalue weighted by molar-refractivity contribution is 7.54. The van der Waals surface area contributed by atoms with Gasteiger partial charge in [0.05, 0.1) is 21.3 Å². The zero-order valence-electron chi connectivity index (χ0n) is 15.0. The van der Waals surface area contributed by atoms with Crippen LogP contribution in [0.3, 0.4) is 0 Å². The molecule has 0 aromatic heterocycles. The molecule has 1 radical (unpaired) electrons. The first-order valence-corrected chi connectivity index (χ1v) is 9.17. The van der Waals surface area contributed by atoms with Gasteiger partial charge >= 0.3 is 0 Å². The van der Waals surface area contributed by atoms with Crippen molar-refractivity contribution in [1.29, 1.82) is 0 Å². The lowest BCUT2D eigenvalue weighted by atomic mass is 10.0. The number of carbonyl (C=O) groups is 1. The zero-order valence-corrected chi connectivity index (χ0v) is 15.9. The van der Waals surface area contributed by atoms with Gasteiger partial charge in [-0.05, 0) is 12.1 Å². The Bertz CT molecular complexity index is 773. The molecule has 2 aromatic rings. The zero-order chi connectivity index (χ0) is 18.6. The Morgan fingerprint density at radius 3 is 2.00 bits per heavy atom. The van der Waals surface area contributed by atoms with Crippen LogP contribution in [-0.4, -0.2) is 32.8 Å². The van der Waals surface area contributed by atoms with E-state index < -0.39 is 7.80 Å².